The van der Waals surface area contributed by atoms with E-state index in [1.807, 2.05) is 0 Å². The third-order valence-corrected chi connectivity index (χ3v) is 6.25. The second kappa shape index (κ2) is 16.8. The highest BCUT2D eigenvalue weighted by atomic mass is 35.5. The Hall–Kier alpha value is -3.37. The summed E-state index contributed by atoms with van der Waals surface area (Å²) >= 11 is 12.0. The molecule has 0 aromatic heterocycles. The molecule has 1 N–H and O–H groups in total. The molecule has 3 aromatic rings. The van der Waals surface area contributed by atoms with Crippen LogP contribution in [0.2, 0.25) is 10.0 Å². The van der Waals surface area contributed by atoms with Crippen molar-refractivity contribution in [2.45, 2.75) is 32.5 Å². The molecule has 3 aromatic carbocycles. The van der Waals surface area contributed by atoms with E-state index >= 15 is 0 Å². The second-order valence-electron chi connectivity index (χ2n) is 8.95. The summed E-state index contributed by atoms with van der Waals surface area (Å²) in [7, 11) is 0. The summed E-state index contributed by atoms with van der Waals surface area (Å²) in [6.45, 7) is 3.28. The Balaban J connectivity index is 1.53. The molecule has 0 aliphatic carbocycles. The molecule has 1 unspecified atom stereocenters. The first kappa shape index (κ1) is 32.1. The largest absolute Gasteiger partial charge is 0.492 e. The number of amides is 1. The Morgan fingerprint density at radius 3 is 2.32 bits per heavy atom. The van der Waals surface area contributed by atoms with E-state index in [2.05, 4.69) is 0 Å². The van der Waals surface area contributed by atoms with E-state index in [4.69, 9.17) is 42.1 Å². The number of ether oxygens (including phenoxy) is 4. The standard InChI is InChI=1S/C30H32Cl2FNO7/c1-2-39-28(29(35)36)18-21-8-10-25(11-9-21)40-15-13-34(30(37)41-27-7-4-3-6-26(27)33)12-5-14-38-20-22-16-23(31)19-24(32)17-22/h3-4,6-11,16-17,19,28H,2,5,12-15,18,20H2,1H3,(H,35,36). The van der Waals surface area contributed by atoms with Crippen LogP contribution in [0.1, 0.15) is 24.5 Å². The summed E-state index contributed by atoms with van der Waals surface area (Å²) in [5.74, 6) is -1.29. The summed E-state index contributed by atoms with van der Waals surface area (Å²) in [6, 6.07) is 17.8. The minimum atomic E-state index is -1.02. The van der Waals surface area contributed by atoms with Crippen molar-refractivity contribution in [1.29, 1.82) is 0 Å². The molecule has 0 spiro atoms. The van der Waals surface area contributed by atoms with Crippen LogP contribution in [-0.4, -0.2) is 61.1 Å². The van der Waals surface area contributed by atoms with Crippen molar-refractivity contribution in [1.82, 2.24) is 4.90 Å². The smallest absolute Gasteiger partial charge is 0.415 e. The van der Waals surface area contributed by atoms with Crippen LogP contribution in [-0.2, 0) is 27.3 Å². The summed E-state index contributed by atoms with van der Waals surface area (Å²) in [5.41, 5.74) is 1.61. The van der Waals surface area contributed by atoms with E-state index in [1.54, 1.807) is 55.5 Å². The van der Waals surface area contributed by atoms with Gasteiger partial charge in [-0.2, -0.15) is 0 Å². The monoisotopic (exact) mass is 607 g/mol. The van der Waals surface area contributed by atoms with Crippen LogP contribution in [0.5, 0.6) is 11.5 Å². The number of halogens is 3. The Morgan fingerprint density at radius 1 is 0.951 bits per heavy atom. The minimum Gasteiger partial charge on any atom is -0.492 e. The number of nitrogens with zero attached hydrogens (tertiary/aromatic N) is 1. The molecule has 220 valence electrons. The van der Waals surface area contributed by atoms with Crippen LogP contribution in [0.15, 0.2) is 66.7 Å². The highest BCUT2D eigenvalue weighted by Crippen LogP contribution is 2.20. The number of aliphatic carboxylic acids is 1. The lowest BCUT2D eigenvalue weighted by atomic mass is 10.1. The van der Waals surface area contributed by atoms with Crippen LogP contribution >= 0.6 is 23.2 Å². The van der Waals surface area contributed by atoms with Gasteiger partial charge in [0.1, 0.15) is 12.4 Å². The first-order chi connectivity index (χ1) is 19.7. The number of carboxylic acids is 1. The number of hydrogen-bond donors (Lipinski definition) is 1. The molecule has 0 radical (unpaired) electrons. The third kappa shape index (κ3) is 11.2. The van der Waals surface area contributed by atoms with Crippen molar-refractivity contribution in [2.75, 3.05) is 32.9 Å². The van der Waals surface area contributed by atoms with Crippen LogP contribution in [0.3, 0.4) is 0 Å². The quantitative estimate of drug-likeness (QED) is 0.182. The Kier molecular flexibility index (Phi) is 13.2. The molecule has 41 heavy (non-hydrogen) atoms. The van der Waals surface area contributed by atoms with Gasteiger partial charge in [-0.1, -0.05) is 47.5 Å². The van der Waals surface area contributed by atoms with Gasteiger partial charge in [0.05, 0.1) is 13.2 Å². The van der Waals surface area contributed by atoms with Gasteiger partial charge in [-0.05, 0) is 66.9 Å². The second-order valence-corrected chi connectivity index (χ2v) is 9.82. The van der Waals surface area contributed by atoms with Gasteiger partial charge >= 0.3 is 12.1 Å². The molecular formula is C30H32Cl2FNO7. The number of carboxylic acid groups (broad SMARTS) is 1. The SMILES string of the molecule is CCOC(Cc1ccc(OCCN(CCCOCc2cc(Cl)cc(Cl)c2)C(=O)Oc2ccccc2F)cc1)C(=O)O. The first-order valence-electron chi connectivity index (χ1n) is 13.0. The van der Waals surface area contributed by atoms with Crippen molar-refractivity contribution in [2.24, 2.45) is 0 Å². The van der Waals surface area contributed by atoms with E-state index in [0.29, 0.717) is 42.0 Å². The highest BCUT2D eigenvalue weighted by Gasteiger charge is 2.19. The molecule has 1 amide bonds. The molecule has 0 aliphatic rings. The van der Waals surface area contributed by atoms with Crippen LogP contribution < -0.4 is 9.47 Å². The molecule has 0 saturated heterocycles. The maximum Gasteiger partial charge on any atom is 0.415 e. The number of para-hydroxylation sites is 1. The van der Waals surface area contributed by atoms with Crippen molar-refractivity contribution in [3.05, 3.63) is 93.7 Å². The first-order valence-corrected chi connectivity index (χ1v) is 13.8. The van der Waals surface area contributed by atoms with Crippen molar-refractivity contribution in [3.8, 4) is 11.5 Å². The van der Waals surface area contributed by atoms with Gasteiger partial charge in [0.25, 0.3) is 0 Å². The molecular weight excluding hydrogens is 576 g/mol. The van der Waals surface area contributed by atoms with Crippen molar-refractivity contribution < 1.29 is 38.0 Å². The Labute approximate surface area is 248 Å². The summed E-state index contributed by atoms with van der Waals surface area (Å²) in [6.07, 6.45) is -0.926. The van der Waals surface area contributed by atoms with E-state index in [9.17, 15) is 19.1 Å². The summed E-state index contributed by atoms with van der Waals surface area (Å²) in [4.78, 5) is 25.6. The number of benzene rings is 3. The van der Waals surface area contributed by atoms with Gasteiger partial charge in [-0.25, -0.2) is 14.0 Å². The number of carbonyl (C=O) groups excluding carboxylic acids is 1. The number of carbonyl (C=O) groups is 2. The maximum atomic E-state index is 14.1. The molecule has 1 atom stereocenters. The fraction of sp³-hybridized carbons (Fsp3) is 0.333. The van der Waals surface area contributed by atoms with Gasteiger partial charge in [-0.3, -0.25) is 0 Å². The lowest BCUT2D eigenvalue weighted by Crippen LogP contribution is -2.38. The van der Waals surface area contributed by atoms with E-state index in [0.717, 1.165) is 11.1 Å². The fourth-order valence-corrected chi connectivity index (χ4v) is 4.42. The van der Waals surface area contributed by atoms with Crippen molar-refractivity contribution in [3.63, 3.8) is 0 Å². The molecule has 0 fully saturated rings. The lowest BCUT2D eigenvalue weighted by Gasteiger charge is -2.22. The van der Waals surface area contributed by atoms with Gasteiger partial charge in [-0.15, -0.1) is 0 Å². The average Bonchev–Trinajstić information content (AvgIpc) is 2.93. The zero-order chi connectivity index (χ0) is 29.6. The minimum absolute atomic E-state index is 0.143. The molecule has 3 rings (SSSR count). The van der Waals surface area contributed by atoms with E-state index in [-0.39, 0.29) is 31.9 Å². The maximum absolute atomic E-state index is 14.1. The molecule has 8 nitrogen and oxygen atoms in total. The zero-order valence-electron chi connectivity index (χ0n) is 22.6. The summed E-state index contributed by atoms with van der Waals surface area (Å²) in [5, 5.41) is 10.3. The molecule has 0 saturated carbocycles. The highest BCUT2D eigenvalue weighted by molar-refractivity contribution is 6.34. The van der Waals surface area contributed by atoms with Gasteiger partial charge in [0.2, 0.25) is 0 Å². The van der Waals surface area contributed by atoms with Gasteiger partial charge in [0.15, 0.2) is 17.7 Å². The lowest BCUT2D eigenvalue weighted by molar-refractivity contribution is -0.149. The molecule has 0 heterocycles. The van der Waals surface area contributed by atoms with Crippen LogP contribution in [0, 0.1) is 5.82 Å². The molecule has 0 bridgehead atoms. The van der Waals surface area contributed by atoms with Crippen LogP contribution in [0.25, 0.3) is 0 Å². The predicted octanol–water partition coefficient (Wildman–Crippen LogP) is 6.65. The normalized spacial score (nSPS) is 11.6. The molecule has 11 heteroatoms. The average molecular weight is 608 g/mol. The van der Waals surface area contributed by atoms with E-state index < -0.39 is 24.0 Å². The van der Waals surface area contributed by atoms with Gasteiger partial charge < -0.3 is 29.0 Å². The fourth-order valence-electron chi connectivity index (χ4n) is 3.85. The van der Waals surface area contributed by atoms with Gasteiger partial charge in [0, 0.05) is 36.2 Å². The summed E-state index contributed by atoms with van der Waals surface area (Å²) < 4.78 is 36.1. The van der Waals surface area contributed by atoms with Crippen molar-refractivity contribution >= 4 is 35.3 Å². The molecule has 0 aliphatic heterocycles. The zero-order valence-corrected chi connectivity index (χ0v) is 24.1. The Morgan fingerprint density at radius 2 is 1.66 bits per heavy atom. The third-order valence-electron chi connectivity index (χ3n) is 5.82. The van der Waals surface area contributed by atoms with Crippen LogP contribution in [0.4, 0.5) is 9.18 Å². The number of rotatable bonds is 16. The topological polar surface area (TPSA) is 94.5 Å². The number of hydrogen-bond acceptors (Lipinski definition) is 6. The Bertz CT molecular complexity index is 1260. The van der Waals surface area contributed by atoms with E-state index in [1.165, 1.54) is 23.1 Å². The predicted molar refractivity (Wildman–Crippen MR) is 153 cm³/mol.